The topological polar surface area (TPSA) is 96.8 Å². The Bertz CT molecular complexity index is 591. The Hall–Kier alpha value is -2.17. The maximum atomic E-state index is 9.31. The number of nitrogens with two attached hydrogens (primary N) is 1. The minimum absolute atomic E-state index is 0.141. The fraction of sp³-hybridized carbons (Fsp3) is 0.250. The number of nitriles is 1. The lowest BCUT2D eigenvalue weighted by Gasteiger charge is -2.10. The quantitative estimate of drug-likeness (QED) is 0.806. The van der Waals surface area contributed by atoms with Gasteiger partial charge in [0.05, 0.1) is 11.5 Å². The van der Waals surface area contributed by atoms with Crippen molar-refractivity contribution in [2.75, 3.05) is 31.3 Å². The molecule has 0 aliphatic rings. The van der Waals surface area contributed by atoms with Crippen LogP contribution >= 0.6 is 11.3 Å². The number of nitrogens with zero attached hydrogens (tertiary/aromatic N) is 3. The number of nitrogens with one attached hydrogen (secondary N) is 1. The summed E-state index contributed by atoms with van der Waals surface area (Å²) in [6, 6.07) is 5.92. The zero-order valence-corrected chi connectivity index (χ0v) is 11.2. The Balaban J connectivity index is 2.41. The molecule has 6 nitrogen and oxygen atoms in total. The number of hydrogen-bond donors (Lipinski definition) is 2. The molecule has 0 saturated carbocycles. The molecule has 0 radical (unpaired) electrons. The molecule has 0 unspecified atom stereocenters. The highest BCUT2D eigenvalue weighted by Crippen LogP contribution is 2.29. The van der Waals surface area contributed by atoms with Crippen molar-refractivity contribution in [3.8, 4) is 16.6 Å². The number of ether oxygens (including phenoxy) is 1. The van der Waals surface area contributed by atoms with Crippen molar-refractivity contribution in [3.63, 3.8) is 0 Å². The predicted molar refractivity (Wildman–Crippen MR) is 74.8 cm³/mol. The lowest BCUT2D eigenvalue weighted by Crippen LogP contribution is -2.12. The highest BCUT2D eigenvalue weighted by atomic mass is 32.1. The van der Waals surface area contributed by atoms with Crippen molar-refractivity contribution < 1.29 is 4.74 Å². The van der Waals surface area contributed by atoms with E-state index < -0.39 is 0 Å². The van der Waals surface area contributed by atoms with Gasteiger partial charge < -0.3 is 15.8 Å². The fourth-order valence-corrected chi connectivity index (χ4v) is 2.30. The van der Waals surface area contributed by atoms with Crippen LogP contribution in [-0.4, -0.2) is 30.2 Å². The van der Waals surface area contributed by atoms with Gasteiger partial charge in [-0.2, -0.15) is 10.2 Å². The third kappa shape index (κ3) is 2.99. The van der Waals surface area contributed by atoms with Gasteiger partial charge in [0.25, 0.3) is 0 Å². The van der Waals surface area contributed by atoms with Crippen LogP contribution in [0.2, 0.25) is 0 Å². The first-order valence-electron chi connectivity index (χ1n) is 5.60. The van der Waals surface area contributed by atoms with Crippen molar-refractivity contribution in [2.24, 2.45) is 0 Å². The molecule has 3 N–H and O–H groups in total. The number of aromatic nitrogens is 2. The summed E-state index contributed by atoms with van der Waals surface area (Å²) in [5.41, 5.74) is 6.65. The molecule has 0 fully saturated rings. The summed E-state index contributed by atoms with van der Waals surface area (Å²) in [4.78, 5) is 9.12. The SMILES string of the molecule is COCCNc1nc(N)nc(-c2cccs2)c1C#N. The zero-order valence-electron chi connectivity index (χ0n) is 10.4. The van der Waals surface area contributed by atoms with Crippen LogP contribution in [0.5, 0.6) is 0 Å². The molecule has 0 aliphatic carbocycles. The van der Waals surface area contributed by atoms with Crippen LogP contribution in [0.4, 0.5) is 11.8 Å². The predicted octanol–water partition coefficient (Wildman–Crippen LogP) is 1.72. The van der Waals surface area contributed by atoms with Gasteiger partial charge in [-0.1, -0.05) is 6.07 Å². The van der Waals surface area contributed by atoms with Gasteiger partial charge in [0.15, 0.2) is 0 Å². The van der Waals surface area contributed by atoms with Crippen molar-refractivity contribution in [2.45, 2.75) is 0 Å². The molecule has 2 heterocycles. The van der Waals surface area contributed by atoms with E-state index in [4.69, 9.17) is 10.5 Å². The Kier molecular flexibility index (Phi) is 4.28. The van der Waals surface area contributed by atoms with E-state index in [0.717, 1.165) is 4.88 Å². The van der Waals surface area contributed by atoms with Crippen LogP contribution in [-0.2, 0) is 4.74 Å². The van der Waals surface area contributed by atoms with Gasteiger partial charge in [0, 0.05) is 13.7 Å². The largest absolute Gasteiger partial charge is 0.383 e. The van der Waals surface area contributed by atoms with E-state index >= 15 is 0 Å². The summed E-state index contributed by atoms with van der Waals surface area (Å²) in [6.07, 6.45) is 0. The van der Waals surface area contributed by atoms with E-state index in [1.54, 1.807) is 7.11 Å². The number of thiophene rings is 1. The molecule has 19 heavy (non-hydrogen) atoms. The molecule has 0 aromatic carbocycles. The van der Waals surface area contributed by atoms with Crippen LogP contribution in [0, 0.1) is 11.3 Å². The molecule has 7 heteroatoms. The average Bonchev–Trinajstić information content (AvgIpc) is 2.92. The average molecular weight is 275 g/mol. The molecule has 98 valence electrons. The Morgan fingerprint density at radius 2 is 2.37 bits per heavy atom. The molecule has 0 spiro atoms. The van der Waals surface area contributed by atoms with E-state index in [1.165, 1.54) is 11.3 Å². The molecule has 2 rings (SSSR count). The lowest BCUT2D eigenvalue weighted by atomic mass is 10.2. The number of nitrogen functional groups attached to an aromatic ring is 1. The smallest absolute Gasteiger partial charge is 0.222 e. The van der Waals surface area contributed by atoms with Crippen LogP contribution < -0.4 is 11.1 Å². The molecule has 0 atom stereocenters. The van der Waals surface area contributed by atoms with Crippen molar-refractivity contribution >= 4 is 23.1 Å². The molecule has 0 bridgehead atoms. The second-order valence-corrected chi connectivity index (χ2v) is 4.61. The maximum Gasteiger partial charge on any atom is 0.222 e. The van der Waals surface area contributed by atoms with Gasteiger partial charge in [-0.25, -0.2) is 4.98 Å². The van der Waals surface area contributed by atoms with E-state index in [0.29, 0.717) is 30.2 Å². The number of hydrogen-bond acceptors (Lipinski definition) is 7. The van der Waals surface area contributed by atoms with Crippen molar-refractivity contribution in [1.29, 1.82) is 5.26 Å². The number of rotatable bonds is 5. The summed E-state index contributed by atoms with van der Waals surface area (Å²) in [5.74, 6) is 0.581. The molecule has 0 saturated heterocycles. The van der Waals surface area contributed by atoms with E-state index in [9.17, 15) is 5.26 Å². The normalized spacial score (nSPS) is 10.1. The highest BCUT2D eigenvalue weighted by molar-refractivity contribution is 7.13. The van der Waals surface area contributed by atoms with Crippen LogP contribution in [0.1, 0.15) is 5.56 Å². The molecular weight excluding hydrogens is 262 g/mol. The first kappa shape index (κ1) is 13.3. The van der Waals surface area contributed by atoms with Crippen molar-refractivity contribution in [1.82, 2.24) is 9.97 Å². The van der Waals surface area contributed by atoms with E-state index in [2.05, 4.69) is 21.4 Å². The second kappa shape index (κ2) is 6.13. The van der Waals surface area contributed by atoms with Gasteiger partial charge in [0.2, 0.25) is 5.95 Å². The zero-order chi connectivity index (χ0) is 13.7. The highest BCUT2D eigenvalue weighted by Gasteiger charge is 2.15. The number of anilines is 2. The third-order valence-electron chi connectivity index (χ3n) is 2.39. The van der Waals surface area contributed by atoms with Crippen LogP contribution in [0.15, 0.2) is 17.5 Å². The molecule has 2 aromatic rings. The van der Waals surface area contributed by atoms with E-state index in [1.807, 2.05) is 17.5 Å². The monoisotopic (exact) mass is 275 g/mol. The van der Waals surface area contributed by atoms with Gasteiger partial charge >= 0.3 is 0 Å². The Labute approximate surface area is 114 Å². The van der Waals surface area contributed by atoms with Gasteiger partial charge in [-0.05, 0) is 11.4 Å². The number of methoxy groups -OCH3 is 1. The van der Waals surface area contributed by atoms with E-state index in [-0.39, 0.29) is 5.95 Å². The van der Waals surface area contributed by atoms with Crippen molar-refractivity contribution in [3.05, 3.63) is 23.1 Å². The summed E-state index contributed by atoms with van der Waals surface area (Å²) in [6.45, 7) is 1.06. The molecule has 2 aromatic heterocycles. The van der Waals surface area contributed by atoms with Crippen LogP contribution in [0.25, 0.3) is 10.6 Å². The minimum Gasteiger partial charge on any atom is -0.383 e. The second-order valence-electron chi connectivity index (χ2n) is 3.66. The standard InChI is InChI=1S/C12H13N5OS/c1-18-5-4-15-11-8(7-13)10(16-12(14)17-11)9-3-2-6-19-9/h2-3,6H,4-5H2,1H3,(H3,14,15,16,17). The lowest BCUT2D eigenvalue weighted by molar-refractivity contribution is 0.210. The summed E-state index contributed by atoms with van der Waals surface area (Å²) in [5, 5.41) is 14.3. The van der Waals surface area contributed by atoms with Gasteiger partial charge in [0.1, 0.15) is 23.1 Å². The fourth-order valence-electron chi connectivity index (χ4n) is 1.57. The maximum absolute atomic E-state index is 9.31. The molecular formula is C12H13N5OS. The third-order valence-corrected chi connectivity index (χ3v) is 3.27. The summed E-state index contributed by atoms with van der Waals surface area (Å²) < 4.78 is 4.95. The molecule has 0 amide bonds. The van der Waals surface area contributed by atoms with Crippen LogP contribution in [0.3, 0.4) is 0 Å². The first-order chi connectivity index (χ1) is 9.26. The summed E-state index contributed by atoms with van der Waals surface area (Å²) >= 11 is 1.50. The Morgan fingerprint density at radius 3 is 3.00 bits per heavy atom. The van der Waals surface area contributed by atoms with Gasteiger partial charge in [-0.15, -0.1) is 11.3 Å². The minimum atomic E-state index is 0.141. The van der Waals surface area contributed by atoms with Gasteiger partial charge in [-0.3, -0.25) is 0 Å². The Morgan fingerprint density at radius 1 is 1.53 bits per heavy atom. The molecule has 0 aliphatic heterocycles. The first-order valence-corrected chi connectivity index (χ1v) is 6.48. The summed E-state index contributed by atoms with van der Waals surface area (Å²) in [7, 11) is 1.61.